The Balaban J connectivity index is 1.58. The molecule has 2 heterocycles. The zero-order valence-corrected chi connectivity index (χ0v) is 15.9. The lowest BCUT2D eigenvalue weighted by molar-refractivity contribution is -0.129. The van der Waals surface area contributed by atoms with Crippen LogP contribution in [0.2, 0.25) is 0 Å². The van der Waals surface area contributed by atoms with Gasteiger partial charge in [-0.25, -0.2) is 0 Å². The Hall–Kier alpha value is -1.89. The van der Waals surface area contributed by atoms with E-state index < -0.39 is 0 Å². The number of pyridine rings is 1. The predicted octanol–water partition coefficient (Wildman–Crippen LogP) is 3.01. The Morgan fingerprint density at radius 2 is 1.92 bits per heavy atom. The van der Waals surface area contributed by atoms with Crippen molar-refractivity contribution in [2.75, 3.05) is 12.8 Å². The van der Waals surface area contributed by atoms with Crippen molar-refractivity contribution in [3.05, 3.63) is 24.5 Å². The number of hydrogen-bond acceptors (Lipinski definition) is 5. The lowest BCUT2D eigenvalue weighted by atomic mass is 9.87. The number of nitrogens with zero attached hydrogens (tertiary/aromatic N) is 5. The van der Waals surface area contributed by atoms with Crippen LogP contribution in [-0.4, -0.2) is 49.4 Å². The van der Waals surface area contributed by atoms with Crippen molar-refractivity contribution in [2.24, 2.45) is 13.0 Å². The summed E-state index contributed by atoms with van der Waals surface area (Å²) < 4.78 is 1.93. The van der Waals surface area contributed by atoms with Gasteiger partial charge in [0, 0.05) is 38.1 Å². The summed E-state index contributed by atoms with van der Waals surface area (Å²) in [6.45, 7) is 2.29. The predicted molar refractivity (Wildman–Crippen MR) is 99.1 cm³/mol. The van der Waals surface area contributed by atoms with Crippen LogP contribution in [0.1, 0.15) is 32.6 Å². The van der Waals surface area contributed by atoms with Crippen molar-refractivity contribution >= 4 is 17.7 Å². The summed E-state index contributed by atoms with van der Waals surface area (Å²) >= 11 is 1.45. The molecule has 2 aromatic heterocycles. The van der Waals surface area contributed by atoms with Crippen molar-refractivity contribution in [1.29, 1.82) is 0 Å². The molecule has 0 atom stereocenters. The van der Waals surface area contributed by atoms with Gasteiger partial charge < -0.3 is 9.47 Å². The summed E-state index contributed by atoms with van der Waals surface area (Å²) in [5, 5.41) is 9.23. The fraction of sp³-hybridized carbons (Fsp3) is 0.556. The van der Waals surface area contributed by atoms with Gasteiger partial charge in [-0.2, -0.15) is 0 Å². The van der Waals surface area contributed by atoms with E-state index in [-0.39, 0.29) is 5.91 Å². The second-order valence-corrected chi connectivity index (χ2v) is 7.75. The van der Waals surface area contributed by atoms with Gasteiger partial charge in [-0.3, -0.25) is 9.78 Å². The lowest BCUT2D eigenvalue weighted by Crippen LogP contribution is -2.40. The van der Waals surface area contributed by atoms with Gasteiger partial charge in [-0.1, -0.05) is 18.7 Å². The standard InChI is InChI=1S/C18H25N5OS/c1-13-4-6-15(7-5-13)22(2)16(24)12-25-18-21-20-17(23(18)3)14-8-10-19-11-9-14/h8-11,13,15H,4-7,12H2,1-3H3. The van der Waals surface area contributed by atoms with Crippen LogP contribution < -0.4 is 0 Å². The molecule has 0 unspecified atom stereocenters. The van der Waals surface area contributed by atoms with E-state index in [1.807, 2.05) is 35.7 Å². The summed E-state index contributed by atoms with van der Waals surface area (Å²) in [4.78, 5) is 18.5. The highest BCUT2D eigenvalue weighted by molar-refractivity contribution is 7.99. The molecule has 0 aromatic carbocycles. The Bertz CT molecular complexity index is 710. The zero-order chi connectivity index (χ0) is 17.8. The molecular weight excluding hydrogens is 334 g/mol. The molecule has 7 heteroatoms. The first-order valence-electron chi connectivity index (χ1n) is 8.74. The monoisotopic (exact) mass is 359 g/mol. The number of carbonyl (C=O) groups is 1. The van der Waals surface area contributed by atoms with Crippen molar-refractivity contribution in [2.45, 2.75) is 43.8 Å². The third kappa shape index (κ3) is 4.21. The average Bonchev–Trinajstić information content (AvgIpc) is 3.01. The van der Waals surface area contributed by atoms with Crippen LogP contribution in [-0.2, 0) is 11.8 Å². The molecule has 2 aromatic rings. The summed E-state index contributed by atoms with van der Waals surface area (Å²) in [5.41, 5.74) is 0.969. The van der Waals surface area contributed by atoms with E-state index in [1.54, 1.807) is 12.4 Å². The van der Waals surface area contributed by atoms with E-state index >= 15 is 0 Å². The van der Waals surface area contributed by atoms with E-state index in [4.69, 9.17) is 0 Å². The van der Waals surface area contributed by atoms with E-state index in [2.05, 4.69) is 22.1 Å². The molecule has 0 bridgehead atoms. The van der Waals surface area contributed by atoms with Gasteiger partial charge in [0.2, 0.25) is 5.91 Å². The maximum Gasteiger partial charge on any atom is 0.233 e. The van der Waals surface area contributed by atoms with Crippen LogP contribution in [0, 0.1) is 5.92 Å². The van der Waals surface area contributed by atoms with Gasteiger partial charge >= 0.3 is 0 Å². The van der Waals surface area contributed by atoms with Gasteiger partial charge in [-0.05, 0) is 43.7 Å². The Kier molecular flexibility index (Phi) is 5.73. The quantitative estimate of drug-likeness (QED) is 0.768. The van der Waals surface area contributed by atoms with Crippen molar-refractivity contribution in [3.8, 4) is 11.4 Å². The topological polar surface area (TPSA) is 63.9 Å². The van der Waals surface area contributed by atoms with Gasteiger partial charge in [0.05, 0.1) is 5.75 Å². The zero-order valence-electron chi connectivity index (χ0n) is 15.1. The smallest absolute Gasteiger partial charge is 0.233 e. The number of thioether (sulfide) groups is 1. The Labute approximate surface area is 153 Å². The van der Waals surface area contributed by atoms with E-state index in [1.165, 1.54) is 24.6 Å². The molecule has 1 amide bonds. The Morgan fingerprint density at radius 1 is 1.24 bits per heavy atom. The van der Waals surface area contributed by atoms with Gasteiger partial charge in [-0.15, -0.1) is 10.2 Å². The second kappa shape index (κ2) is 7.99. The SMILES string of the molecule is CC1CCC(N(C)C(=O)CSc2nnc(-c3ccncc3)n2C)CC1. The highest BCUT2D eigenvalue weighted by Gasteiger charge is 2.25. The molecule has 0 N–H and O–H groups in total. The first kappa shape index (κ1) is 17.9. The first-order valence-corrected chi connectivity index (χ1v) is 9.73. The molecule has 0 spiro atoms. The minimum Gasteiger partial charge on any atom is -0.342 e. The molecule has 1 aliphatic carbocycles. The third-order valence-electron chi connectivity index (χ3n) is 5.02. The van der Waals surface area contributed by atoms with Crippen molar-refractivity contribution in [3.63, 3.8) is 0 Å². The molecule has 0 aliphatic heterocycles. The van der Waals surface area contributed by atoms with E-state index in [0.717, 1.165) is 35.3 Å². The normalized spacial score (nSPS) is 20.4. The van der Waals surface area contributed by atoms with Gasteiger partial charge in [0.15, 0.2) is 11.0 Å². The van der Waals surface area contributed by atoms with Crippen LogP contribution in [0.4, 0.5) is 0 Å². The molecule has 1 aliphatic rings. The first-order chi connectivity index (χ1) is 12.1. The Morgan fingerprint density at radius 3 is 2.60 bits per heavy atom. The fourth-order valence-corrected chi connectivity index (χ4v) is 4.09. The van der Waals surface area contributed by atoms with Gasteiger partial charge in [0.1, 0.15) is 0 Å². The van der Waals surface area contributed by atoms with Crippen LogP contribution in [0.25, 0.3) is 11.4 Å². The third-order valence-corrected chi connectivity index (χ3v) is 6.03. The molecule has 0 saturated heterocycles. The van der Waals surface area contributed by atoms with Crippen LogP contribution in [0.5, 0.6) is 0 Å². The molecule has 1 fully saturated rings. The second-order valence-electron chi connectivity index (χ2n) is 6.81. The minimum atomic E-state index is 0.165. The summed E-state index contributed by atoms with van der Waals surface area (Å²) in [7, 11) is 3.86. The summed E-state index contributed by atoms with van der Waals surface area (Å²) in [6, 6.07) is 4.19. The molecule has 134 valence electrons. The summed E-state index contributed by atoms with van der Waals surface area (Å²) in [5.74, 6) is 2.13. The van der Waals surface area contributed by atoms with Gasteiger partial charge in [0.25, 0.3) is 0 Å². The average molecular weight is 359 g/mol. The minimum absolute atomic E-state index is 0.165. The number of rotatable bonds is 5. The van der Waals surface area contributed by atoms with Crippen molar-refractivity contribution in [1.82, 2.24) is 24.6 Å². The largest absolute Gasteiger partial charge is 0.342 e. The maximum absolute atomic E-state index is 12.5. The van der Waals surface area contributed by atoms with Crippen LogP contribution in [0.3, 0.4) is 0 Å². The maximum atomic E-state index is 12.5. The molecule has 3 rings (SSSR count). The lowest BCUT2D eigenvalue weighted by Gasteiger charge is -2.33. The molecule has 1 saturated carbocycles. The highest BCUT2D eigenvalue weighted by Crippen LogP contribution is 2.27. The van der Waals surface area contributed by atoms with Crippen molar-refractivity contribution < 1.29 is 4.79 Å². The van der Waals surface area contributed by atoms with Crippen LogP contribution in [0.15, 0.2) is 29.7 Å². The number of hydrogen-bond donors (Lipinski definition) is 0. The molecule has 0 radical (unpaired) electrons. The van der Waals surface area contributed by atoms with E-state index in [0.29, 0.717) is 11.8 Å². The highest BCUT2D eigenvalue weighted by atomic mass is 32.2. The number of amides is 1. The van der Waals surface area contributed by atoms with Crippen LogP contribution >= 0.6 is 11.8 Å². The number of carbonyl (C=O) groups excluding carboxylic acids is 1. The summed E-state index contributed by atoms with van der Waals surface area (Å²) in [6.07, 6.45) is 8.14. The van der Waals surface area contributed by atoms with E-state index in [9.17, 15) is 4.79 Å². The fourth-order valence-electron chi connectivity index (χ4n) is 3.25. The molecule has 6 nitrogen and oxygen atoms in total. The molecular formula is C18H25N5OS. The molecule has 25 heavy (non-hydrogen) atoms. The number of aromatic nitrogens is 4.